The molecule has 5 nitrogen and oxygen atoms in total. The van der Waals surface area contributed by atoms with Crippen LogP contribution >= 0.6 is 0 Å². The minimum atomic E-state index is 0.0254. The Balaban J connectivity index is 2.05. The molecule has 88 valence electrons. The quantitative estimate of drug-likeness (QED) is 0.741. The third kappa shape index (κ3) is 1.82. The number of fused-ring (bicyclic) bond motifs is 1. The van der Waals surface area contributed by atoms with Crippen molar-refractivity contribution in [1.29, 1.82) is 0 Å². The number of rotatable bonds is 2. The van der Waals surface area contributed by atoms with Gasteiger partial charge in [0.2, 0.25) is 0 Å². The predicted molar refractivity (Wildman–Crippen MR) is 61.8 cm³/mol. The summed E-state index contributed by atoms with van der Waals surface area (Å²) >= 11 is 0. The molecule has 17 heavy (non-hydrogen) atoms. The fourth-order valence-corrected chi connectivity index (χ4v) is 2.17. The van der Waals surface area contributed by atoms with Crippen LogP contribution in [-0.4, -0.2) is 27.4 Å². The van der Waals surface area contributed by atoms with E-state index in [2.05, 4.69) is 9.97 Å². The minimum Gasteiger partial charge on any atom is -0.358 e. The molecule has 1 aliphatic heterocycles. The number of imidazole rings is 1. The summed E-state index contributed by atoms with van der Waals surface area (Å²) in [6, 6.07) is 1.81. The van der Waals surface area contributed by atoms with Crippen LogP contribution in [0.3, 0.4) is 0 Å². The van der Waals surface area contributed by atoms with Gasteiger partial charge in [0.1, 0.15) is 6.23 Å². The van der Waals surface area contributed by atoms with Gasteiger partial charge in [-0.25, -0.2) is 9.97 Å². The largest absolute Gasteiger partial charge is 0.358 e. The van der Waals surface area contributed by atoms with Crippen molar-refractivity contribution in [2.75, 3.05) is 6.61 Å². The van der Waals surface area contributed by atoms with Crippen molar-refractivity contribution in [2.24, 2.45) is 0 Å². The number of nitrogens with zero attached hydrogens (tertiary/aromatic N) is 3. The highest BCUT2D eigenvalue weighted by molar-refractivity contribution is 5.82. The average Bonchev–Trinajstić information content (AvgIpc) is 2.82. The summed E-state index contributed by atoms with van der Waals surface area (Å²) in [5, 5.41) is 0. The van der Waals surface area contributed by atoms with Crippen molar-refractivity contribution >= 4 is 17.5 Å². The molecule has 0 spiro atoms. The minimum absolute atomic E-state index is 0.0254. The van der Waals surface area contributed by atoms with Crippen molar-refractivity contribution in [3.8, 4) is 0 Å². The fourth-order valence-electron chi connectivity index (χ4n) is 2.17. The number of carbonyl (C=O) groups is 1. The maximum Gasteiger partial charge on any atom is 0.177 e. The Morgan fingerprint density at radius 3 is 3.12 bits per heavy atom. The van der Waals surface area contributed by atoms with Crippen LogP contribution in [0.2, 0.25) is 0 Å². The van der Waals surface area contributed by atoms with E-state index in [0.29, 0.717) is 11.2 Å². The smallest absolute Gasteiger partial charge is 0.177 e. The van der Waals surface area contributed by atoms with Gasteiger partial charge in [-0.2, -0.15) is 0 Å². The number of hydrogen-bond donors (Lipinski definition) is 0. The van der Waals surface area contributed by atoms with Crippen LogP contribution in [-0.2, 0) is 4.74 Å². The lowest BCUT2D eigenvalue weighted by molar-refractivity contribution is -0.0295. The molecule has 1 aliphatic rings. The molecular formula is C12H13N3O2. The molecule has 1 fully saturated rings. The van der Waals surface area contributed by atoms with E-state index in [1.165, 1.54) is 6.20 Å². The van der Waals surface area contributed by atoms with Gasteiger partial charge in [-0.3, -0.25) is 4.79 Å². The topological polar surface area (TPSA) is 57.0 Å². The Hall–Kier alpha value is -1.75. The molecule has 1 atom stereocenters. The van der Waals surface area contributed by atoms with E-state index in [0.717, 1.165) is 37.7 Å². The predicted octanol–water partition coefficient (Wildman–Crippen LogP) is 1.94. The van der Waals surface area contributed by atoms with Gasteiger partial charge in [0.25, 0.3) is 0 Å². The van der Waals surface area contributed by atoms with E-state index in [1.54, 1.807) is 12.4 Å². The van der Waals surface area contributed by atoms with Crippen LogP contribution in [0.5, 0.6) is 0 Å². The Morgan fingerprint density at radius 2 is 2.35 bits per heavy atom. The zero-order chi connectivity index (χ0) is 11.7. The summed E-state index contributed by atoms with van der Waals surface area (Å²) in [6.07, 6.45) is 7.35. The lowest BCUT2D eigenvalue weighted by atomic mass is 10.2. The van der Waals surface area contributed by atoms with Crippen molar-refractivity contribution in [3.05, 3.63) is 24.2 Å². The van der Waals surface area contributed by atoms with E-state index < -0.39 is 0 Å². The van der Waals surface area contributed by atoms with Crippen LogP contribution in [0.25, 0.3) is 11.2 Å². The molecule has 2 aromatic rings. The lowest BCUT2D eigenvalue weighted by Crippen LogP contribution is -2.17. The third-order valence-corrected chi connectivity index (χ3v) is 3.05. The molecule has 5 heteroatoms. The molecule has 0 amide bonds. The third-order valence-electron chi connectivity index (χ3n) is 3.05. The van der Waals surface area contributed by atoms with Crippen LogP contribution in [0.4, 0.5) is 0 Å². The first kappa shape index (κ1) is 10.4. The molecule has 0 aliphatic carbocycles. The number of pyridine rings is 1. The second-order valence-corrected chi connectivity index (χ2v) is 4.20. The maximum absolute atomic E-state index is 10.8. The van der Waals surface area contributed by atoms with Gasteiger partial charge in [-0.15, -0.1) is 0 Å². The molecule has 1 unspecified atom stereocenters. The number of hydrogen-bond acceptors (Lipinski definition) is 4. The Kier molecular flexibility index (Phi) is 2.60. The van der Waals surface area contributed by atoms with Crippen molar-refractivity contribution < 1.29 is 9.53 Å². The highest BCUT2D eigenvalue weighted by Gasteiger charge is 2.18. The van der Waals surface area contributed by atoms with E-state index in [4.69, 9.17) is 4.74 Å². The van der Waals surface area contributed by atoms with Crippen LogP contribution in [0.15, 0.2) is 18.6 Å². The van der Waals surface area contributed by atoms with Crippen LogP contribution in [0.1, 0.15) is 35.8 Å². The van der Waals surface area contributed by atoms with Gasteiger partial charge < -0.3 is 9.30 Å². The number of carbonyl (C=O) groups excluding carboxylic acids is 1. The molecule has 1 saturated heterocycles. The molecule has 3 heterocycles. The maximum atomic E-state index is 10.8. The Labute approximate surface area is 98.4 Å². The first-order chi connectivity index (χ1) is 8.38. The van der Waals surface area contributed by atoms with E-state index in [-0.39, 0.29) is 6.23 Å². The van der Waals surface area contributed by atoms with Crippen LogP contribution < -0.4 is 0 Å². The highest BCUT2D eigenvalue weighted by Crippen LogP contribution is 2.25. The van der Waals surface area contributed by atoms with Gasteiger partial charge in [-0.05, 0) is 25.3 Å². The fraction of sp³-hybridized carbons (Fsp3) is 0.417. The zero-order valence-electron chi connectivity index (χ0n) is 9.37. The summed E-state index contributed by atoms with van der Waals surface area (Å²) in [5.74, 6) is 0. The first-order valence-electron chi connectivity index (χ1n) is 5.78. The first-order valence-corrected chi connectivity index (χ1v) is 5.78. The lowest BCUT2D eigenvalue weighted by Gasteiger charge is -2.24. The van der Waals surface area contributed by atoms with Gasteiger partial charge in [0.05, 0.1) is 11.8 Å². The molecule has 0 radical (unpaired) electrons. The van der Waals surface area contributed by atoms with Crippen molar-refractivity contribution in [1.82, 2.24) is 14.5 Å². The normalized spacial score (nSPS) is 20.6. The summed E-state index contributed by atoms with van der Waals surface area (Å²) < 4.78 is 7.68. The SMILES string of the molecule is O=Cc1cnc2ncn(C3CCCCO3)c2c1. The van der Waals surface area contributed by atoms with E-state index >= 15 is 0 Å². The monoisotopic (exact) mass is 231 g/mol. The van der Waals surface area contributed by atoms with E-state index in [9.17, 15) is 4.79 Å². The highest BCUT2D eigenvalue weighted by atomic mass is 16.5. The van der Waals surface area contributed by atoms with Gasteiger partial charge in [0, 0.05) is 18.4 Å². The molecule has 2 aromatic heterocycles. The summed E-state index contributed by atoms with van der Waals surface area (Å²) in [4.78, 5) is 19.1. The summed E-state index contributed by atoms with van der Waals surface area (Å²) in [6.45, 7) is 0.783. The van der Waals surface area contributed by atoms with Gasteiger partial charge in [-0.1, -0.05) is 0 Å². The number of ether oxygens (including phenoxy) is 1. The van der Waals surface area contributed by atoms with Crippen LogP contribution in [0, 0.1) is 0 Å². The Bertz CT molecular complexity index is 544. The van der Waals surface area contributed by atoms with Crippen molar-refractivity contribution in [3.63, 3.8) is 0 Å². The second kappa shape index (κ2) is 4.25. The Morgan fingerprint density at radius 1 is 1.41 bits per heavy atom. The number of aldehydes is 1. The summed E-state index contributed by atoms with van der Waals surface area (Å²) in [5.41, 5.74) is 2.08. The molecule has 0 N–H and O–H groups in total. The number of aromatic nitrogens is 3. The standard InChI is InChI=1S/C12H13N3O2/c16-7-9-5-10-12(13-6-9)14-8-15(10)11-3-1-2-4-17-11/h5-8,11H,1-4H2. The second-order valence-electron chi connectivity index (χ2n) is 4.20. The molecule has 0 saturated carbocycles. The van der Waals surface area contributed by atoms with Gasteiger partial charge in [0.15, 0.2) is 11.9 Å². The van der Waals surface area contributed by atoms with Crippen molar-refractivity contribution in [2.45, 2.75) is 25.5 Å². The van der Waals surface area contributed by atoms with Gasteiger partial charge >= 0.3 is 0 Å². The zero-order valence-corrected chi connectivity index (χ0v) is 9.37. The molecular weight excluding hydrogens is 218 g/mol. The summed E-state index contributed by atoms with van der Waals surface area (Å²) in [7, 11) is 0. The molecule has 0 aromatic carbocycles. The molecule has 0 bridgehead atoms. The molecule has 3 rings (SSSR count). The average molecular weight is 231 g/mol. The van der Waals surface area contributed by atoms with E-state index in [1.807, 2.05) is 4.57 Å².